The third-order valence-corrected chi connectivity index (χ3v) is 4.16. The molecule has 0 radical (unpaired) electrons. The van der Waals surface area contributed by atoms with Gasteiger partial charge in [0.05, 0.1) is 11.5 Å². The Bertz CT molecular complexity index is 782. The molecule has 0 aliphatic rings. The van der Waals surface area contributed by atoms with Crippen LogP contribution in [0, 0.1) is 10.1 Å². The molecule has 1 amide bonds. The minimum atomic E-state index is -1.13. The van der Waals surface area contributed by atoms with Gasteiger partial charge in [0.15, 0.2) is 4.84 Å². The van der Waals surface area contributed by atoms with Gasteiger partial charge in [0.25, 0.3) is 11.6 Å². The lowest BCUT2D eigenvalue weighted by atomic mass is 10.2. The van der Waals surface area contributed by atoms with Crippen molar-refractivity contribution < 1.29 is 19.2 Å². The Morgan fingerprint density at radius 2 is 1.68 bits per heavy atom. The van der Waals surface area contributed by atoms with E-state index in [1.54, 1.807) is 12.1 Å². The second-order valence-electron chi connectivity index (χ2n) is 5.75. The molecule has 28 heavy (non-hydrogen) atoms. The van der Waals surface area contributed by atoms with Gasteiger partial charge in [0.1, 0.15) is 11.5 Å². The fraction of sp³-hybridized carbons (Fsp3) is 0.316. The molecule has 0 aliphatic carbocycles. The van der Waals surface area contributed by atoms with E-state index in [1.807, 2.05) is 19.1 Å². The van der Waals surface area contributed by atoms with Crippen molar-refractivity contribution in [3.8, 4) is 11.5 Å². The highest BCUT2D eigenvalue weighted by molar-refractivity contribution is 6.53. The first-order chi connectivity index (χ1) is 13.4. The molecule has 0 saturated heterocycles. The maximum absolute atomic E-state index is 12.2. The highest BCUT2D eigenvalue weighted by Crippen LogP contribution is 2.24. The molecule has 2 aromatic carbocycles. The highest BCUT2D eigenvalue weighted by atomic mass is 35.5. The van der Waals surface area contributed by atoms with Gasteiger partial charge in [-0.15, -0.1) is 0 Å². The first-order valence-electron chi connectivity index (χ1n) is 8.56. The van der Waals surface area contributed by atoms with Crippen LogP contribution < -0.4 is 4.74 Å². The number of nitrogens with zero attached hydrogens (tertiary/aromatic N) is 2. The van der Waals surface area contributed by atoms with Crippen LogP contribution >= 0.6 is 23.2 Å². The maximum atomic E-state index is 12.2. The van der Waals surface area contributed by atoms with Crippen LogP contribution in [0.2, 0.25) is 0 Å². The molecule has 0 bridgehead atoms. The lowest BCUT2D eigenvalue weighted by Gasteiger charge is -2.23. The normalized spacial score (nSPS) is 10.7. The number of halogens is 2. The zero-order valence-corrected chi connectivity index (χ0v) is 16.7. The Morgan fingerprint density at radius 1 is 1.11 bits per heavy atom. The van der Waals surface area contributed by atoms with Crippen LogP contribution in [0.4, 0.5) is 5.69 Å². The molecule has 2 rings (SSSR count). The van der Waals surface area contributed by atoms with Crippen LogP contribution in [-0.4, -0.2) is 40.3 Å². The number of ether oxygens (including phenoxy) is 2. The van der Waals surface area contributed by atoms with Gasteiger partial charge in [0, 0.05) is 31.8 Å². The first-order valence-corrected chi connectivity index (χ1v) is 9.44. The molecular weight excluding hydrogens is 407 g/mol. The van der Waals surface area contributed by atoms with Crippen molar-refractivity contribution >= 4 is 34.8 Å². The second kappa shape index (κ2) is 10.8. The maximum Gasteiger partial charge on any atom is 0.269 e. The monoisotopic (exact) mass is 426 g/mol. The number of non-ortho nitro benzene ring substituents is 1. The van der Waals surface area contributed by atoms with Crippen LogP contribution in [0.15, 0.2) is 48.5 Å². The third-order valence-electron chi connectivity index (χ3n) is 3.79. The molecule has 9 heteroatoms. The molecule has 2 aromatic rings. The van der Waals surface area contributed by atoms with Crippen LogP contribution in [-0.2, 0) is 16.1 Å². The lowest BCUT2D eigenvalue weighted by Crippen LogP contribution is -2.36. The van der Waals surface area contributed by atoms with Gasteiger partial charge in [-0.05, 0) is 36.8 Å². The van der Waals surface area contributed by atoms with E-state index >= 15 is 0 Å². The first kappa shape index (κ1) is 21.9. The highest BCUT2D eigenvalue weighted by Gasteiger charge is 2.20. The Labute approximate surface area is 172 Å². The number of alkyl halides is 2. The van der Waals surface area contributed by atoms with Crippen LogP contribution in [0.1, 0.15) is 12.5 Å². The van der Waals surface area contributed by atoms with E-state index in [1.165, 1.54) is 29.2 Å². The number of hydrogen-bond acceptors (Lipinski definition) is 5. The summed E-state index contributed by atoms with van der Waals surface area (Å²) in [5.41, 5.74) is 0.867. The van der Waals surface area contributed by atoms with E-state index in [0.717, 1.165) is 5.56 Å². The summed E-state index contributed by atoms with van der Waals surface area (Å²) in [5.74, 6) is 0.672. The Morgan fingerprint density at radius 3 is 2.18 bits per heavy atom. The number of nitro benzene ring substituents is 1. The van der Waals surface area contributed by atoms with Gasteiger partial charge in [0.2, 0.25) is 0 Å². The van der Waals surface area contributed by atoms with Crippen molar-refractivity contribution in [2.75, 3.05) is 19.8 Å². The average molecular weight is 427 g/mol. The second-order valence-corrected chi connectivity index (χ2v) is 6.85. The van der Waals surface area contributed by atoms with E-state index in [4.69, 9.17) is 32.7 Å². The molecule has 0 fully saturated rings. The van der Waals surface area contributed by atoms with Gasteiger partial charge in [-0.3, -0.25) is 14.9 Å². The summed E-state index contributed by atoms with van der Waals surface area (Å²) in [6.45, 7) is 3.54. The molecule has 0 spiro atoms. The lowest BCUT2D eigenvalue weighted by molar-refractivity contribution is -0.384. The molecule has 0 aliphatic heterocycles. The zero-order chi connectivity index (χ0) is 20.5. The number of amides is 1. The number of carbonyl (C=O) groups excluding carboxylic acids is 1. The minimum Gasteiger partial charge on any atom is -0.457 e. The molecule has 0 heterocycles. The van der Waals surface area contributed by atoms with Crippen molar-refractivity contribution in [2.24, 2.45) is 0 Å². The Kier molecular flexibility index (Phi) is 8.50. The van der Waals surface area contributed by atoms with Gasteiger partial charge in [-0.2, -0.15) is 0 Å². The minimum absolute atomic E-state index is 0.00334. The SMILES string of the molecule is CCOCCN(Cc1ccc(Oc2ccc([N+](=O)[O-])cc2)cc1)C(=O)C(Cl)Cl. The van der Waals surface area contributed by atoms with Gasteiger partial charge in [-0.25, -0.2) is 0 Å². The number of nitro groups is 1. The fourth-order valence-electron chi connectivity index (χ4n) is 2.38. The van der Waals surface area contributed by atoms with E-state index < -0.39 is 9.76 Å². The zero-order valence-electron chi connectivity index (χ0n) is 15.2. The third kappa shape index (κ3) is 6.67. The van der Waals surface area contributed by atoms with Gasteiger partial charge >= 0.3 is 0 Å². The average Bonchev–Trinajstić information content (AvgIpc) is 2.68. The standard InChI is InChI=1S/C19H20Cl2N2O5/c1-2-27-12-11-22(19(24)18(20)21)13-14-3-7-16(8-4-14)28-17-9-5-15(6-10-17)23(25)26/h3-10,18H,2,11-13H2,1H3. The van der Waals surface area contributed by atoms with Crippen molar-refractivity contribution in [2.45, 2.75) is 18.3 Å². The molecule has 150 valence electrons. The number of hydrogen-bond donors (Lipinski definition) is 0. The molecular formula is C19H20Cl2N2O5. The Hall–Kier alpha value is -2.35. The molecule has 0 atom stereocenters. The number of rotatable bonds is 10. The topological polar surface area (TPSA) is 81.9 Å². The van der Waals surface area contributed by atoms with Gasteiger partial charge < -0.3 is 14.4 Å². The quantitative estimate of drug-likeness (QED) is 0.240. The van der Waals surface area contributed by atoms with Crippen molar-refractivity contribution in [1.29, 1.82) is 0 Å². The summed E-state index contributed by atoms with van der Waals surface area (Å²) in [6.07, 6.45) is 0. The number of benzene rings is 2. The van der Waals surface area contributed by atoms with E-state index in [9.17, 15) is 14.9 Å². The van der Waals surface area contributed by atoms with Crippen molar-refractivity contribution in [3.63, 3.8) is 0 Å². The smallest absolute Gasteiger partial charge is 0.269 e. The summed E-state index contributed by atoms with van der Waals surface area (Å²) >= 11 is 11.4. The van der Waals surface area contributed by atoms with Gasteiger partial charge in [-0.1, -0.05) is 35.3 Å². The predicted molar refractivity (Wildman–Crippen MR) is 107 cm³/mol. The van der Waals surface area contributed by atoms with E-state index in [2.05, 4.69) is 0 Å². The molecule has 0 unspecified atom stereocenters. The Balaban J connectivity index is 2.01. The van der Waals surface area contributed by atoms with Crippen LogP contribution in [0.3, 0.4) is 0 Å². The molecule has 0 saturated carbocycles. The molecule has 0 aromatic heterocycles. The van der Waals surface area contributed by atoms with E-state index in [-0.39, 0.29) is 11.6 Å². The van der Waals surface area contributed by atoms with Crippen LogP contribution in [0.5, 0.6) is 11.5 Å². The largest absolute Gasteiger partial charge is 0.457 e. The summed E-state index contributed by atoms with van der Waals surface area (Å²) in [7, 11) is 0. The fourth-order valence-corrected chi connectivity index (χ4v) is 2.66. The number of carbonyl (C=O) groups is 1. The predicted octanol–water partition coefficient (Wildman–Crippen LogP) is 4.56. The van der Waals surface area contributed by atoms with Crippen molar-refractivity contribution in [3.05, 3.63) is 64.2 Å². The molecule has 7 nitrogen and oxygen atoms in total. The summed E-state index contributed by atoms with van der Waals surface area (Å²) < 4.78 is 11.0. The summed E-state index contributed by atoms with van der Waals surface area (Å²) in [5, 5.41) is 10.7. The van der Waals surface area contributed by atoms with Crippen LogP contribution in [0.25, 0.3) is 0 Å². The van der Waals surface area contributed by atoms with E-state index in [0.29, 0.717) is 37.8 Å². The summed E-state index contributed by atoms with van der Waals surface area (Å²) in [4.78, 5) is 22.8. The molecule has 0 N–H and O–H groups in total. The summed E-state index contributed by atoms with van der Waals surface area (Å²) in [6, 6.07) is 12.9. The van der Waals surface area contributed by atoms with Crippen molar-refractivity contribution in [1.82, 2.24) is 4.90 Å².